The number of rotatable bonds is 4. The molecule has 8 heteroatoms. The summed E-state index contributed by atoms with van der Waals surface area (Å²) >= 11 is 1.59. The van der Waals surface area contributed by atoms with Gasteiger partial charge in [-0.1, -0.05) is 11.6 Å². The fraction of sp³-hybridized carbons (Fsp3) is 0.333. The molecule has 0 bridgehead atoms. The third-order valence-corrected chi connectivity index (χ3v) is 6.77. The van der Waals surface area contributed by atoms with Crippen LogP contribution in [0.1, 0.15) is 51.9 Å². The van der Waals surface area contributed by atoms with E-state index in [0.29, 0.717) is 12.2 Å². The van der Waals surface area contributed by atoms with Gasteiger partial charge in [0.25, 0.3) is 5.91 Å². The van der Waals surface area contributed by atoms with E-state index < -0.39 is 0 Å². The second kappa shape index (κ2) is 8.35. The lowest BCUT2D eigenvalue weighted by atomic mass is 9.93. The molecule has 32 heavy (non-hydrogen) atoms. The van der Waals surface area contributed by atoms with Crippen LogP contribution in [0.4, 0.5) is 10.8 Å². The molecule has 1 aliphatic rings. The fourth-order valence-electron chi connectivity index (χ4n) is 4.35. The predicted molar refractivity (Wildman–Crippen MR) is 128 cm³/mol. The monoisotopic (exact) mass is 446 g/mol. The van der Waals surface area contributed by atoms with E-state index in [-0.39, 0.29) is 11.8 Å². The number of piperidine rings is 1. The van der Waals surface area contributed by atoms with Gasteiger partial charge in [-0.2, -0.15) is 5.10 Å². The Morgan fingerprint density at radius 2 is 2.03 bits per heavy atom. The molecule has 4 aromatic rings. The fourth-order valence-corrected chi connectivity index (χ4v) is 5.06. The number of nitrogens with zero attached hydrogens (tertiary/aromatic N) is 4. The lowest BCUT2D eigenvalue weighted by Crippen LogP contribution is -2.39. The average Bonchev–Trinajstić information content (AvgIpc) is 3.38. The smallest absolute Gasteiger partial charge is 0.275 e. The van der Waals surface area contributed by atoms with E-state index in [0.717, 1.165) is 63.8 Å². The minimum absolute atomic E-state index is 0.0178. The Bertz CT molecular complexity index is 1290. The Morgan fingerprint density at radius 3 is 2.84 bits per heavy atom. The van der Waals surface area contributed by atoms with Gasteiger partial charge in [0.1, 0.15) is 0 Å². The van der Waals surface area contributed by atoms with Crippen LogP contribution in [-0.2, 0) is 0 Å². The molecule has 1 aromatic carbocycles. The number of pyridine rings is 1. The summed E-state index contributed by atoms with van der Waals surface area (Å²) in [6, 6.07) is 10.1. The Kier molecular flexibility index (Phi) is 5.38. The number of aromatic amines is 1. The number of aryl methyl sites for hydroxylation is 3. The molecule has 1 amide bonds. The first-order valence-electron chi connectivity index (χ1n) is 10.9. The highest BCUT2D eigenvalue weighted by Crippen LogP contribution is 2.30. The van der Waals surface area contributed by atoms with Crippen molar-refractivity contribution in [2.24, 2.45) is 0 Å². The predicted octanol–water partition coefficient (Wildman–Crippen LogP) is 5.10. The summed E-state index contributed by atoms with van der Waals surface area (Å²) in [5.74, 6) is 0.175. The van der Waals surface area contributed by atoms with Gasteiger partial charge in [-0.3, -0.25) is 14.9 Å². The molecule has 4 heterocycles. The number of thiazole rings is 1. The Labute approximate surface area is 190 Å². The van der Waals surface area contributed by atoms with Crippen LogP contribution in [0.25, 0.3) is 10.9 Å². The third kappa shape index (κ3) is 4.10. The minimum atomic E-state index is -0.0178. The molecule has 164 valence electrons. The standard InChI is InChI=1S/C24H26N6OS/c1-14-6-7-20-19(9-14)22(29-28-20)23(31)30-8-4-5-17(12-30)21-11-18(10-15(2)25-21)27-24-26-16(3)13-32-24/h6-7,9-11,13,17H,4-5,8,12H2,1-3H3,(H,28,29)(H,25,26,27)/t17-/m1/s1. The summed E-state index contributed by atoms with van der Waals surface area (Å²) in [6.45, 7) is 7.41. The van der Waals surface area contributed by atoms with Gasteiger partial charge >= 0.3 is 0 Å². The van der Waals surface area contributed by atoms with Crippen molar-refractivity contribution in [1.82, 2.24) is 25.1 Å². The van der Waals surface area contributed by atoms with Crippen molar-refractivity contribution in [1.29, 1.82) is 0 Å². The minimum Gasteiger partial charge on any atom is -0.337 e. The normalized spacial score (nSPS) is 16.5. The molecular formula is C24H26N6OS. The van der Waals surface area contributed by atoms with E-state index in [1.807, 2.05) is 55.3 Å². The third-order valence-electron chi connectivity index (χ3n) is 5.89. The largest absolute Gasteiger partial charge is 0.337 e. The number of carbonyl (C=O) groups is 1. The lowest BCUT2D eigenvalue weighted by Gasteiger charge is -2.32. The molecule has 0 saturated carbocycles. The van der Waals surface area contributed by atoms with Crippen molar-refractivity contribution in [3.8, 4) is 0 Å². The van der Waals surface area contributed by atoms with Crippen molar-refractivity contribution >= 4 is 39.0 Å². The zero-order valence-electron chi connectivity index (χ0n) is 18.5. The topological polar surface area (TPSA) is 86.8 Å². The maximum atomic E-state index is 13.3. The highest BCUT2D eigenvalue weighted by atomic mass is 32.1. The van der Waals surface area contributed by atoms with Crippen molar-refractivity contribution in [3.63, 3.8) is 0 Å². The van der Waals surface area contributed by atoms with Gasteiger partial charge in [-0.05, 0) is 57.9 Å². The molecule has 1 fully saturated rings. The van der Waals surface area contributed by atoms with E-state index >= 15 is 0 Å². The number of nitrogens with one attached hydrogen (secondary N) is 2. The van der Waals surface area contributed by atoms with Gasteiger partial charge in [0.2, 0.25) is 0 Å². The summed E-state index contributed by atoms with van der Waals surface area (Å²) in [7, 11) is 0. The Hall–Kier alpha value is -3.26. The van der Waals surface area contributed by atoms with Gasteiger partial charge < -0.3 is 10.2 Å². The van der Waals surface area contributed by atoms with Crippen LogP contribution >= 0.6 is 11.3 Å². The van der Waals surface area contributed by atoms with Crippen LogP contribution in [0, 0.1) is 20.8 Å². The van der Waals surface area contributed by atoms with Crippen molar-refractivity contribution in [3.05, 3.63) is 64.1 Å². The van der Waals surface area contributed by atoms with Crippen LogP contribution in [-0.4, -0.2) is 44.1 Å². The van der Waals surface area contributed by atoms with E-state index in [1.54, 1.807) is 11.3 Å². The number of carbonyl (C=O) groups excluding carboxylic acids is 1. The molecule has 5 rings (SSSR count). The summed E-state index contributed by atoms with van der Waals surface area (Å²) in [5, 5.41) is 14.5. The first-order chi connectivity index (χ1) is 15.5. The molecule has 3 aromatic heterocycles. The number of anilines is 2. The van der Waals surface area contributed by atoms with Crippen molar-refractivity contribution in [2.45, 2.75) is 39.5 Å². The summed E-state index contributed by atoms with van der Waals surface area (Å²) < 4.78 is 0. The molecule has 0 spiro atoms. The number of H-pyrrole nitrogens is 1. The van der Waals surface area contributed by atoms with Gasteiger partial charge in [0.05, 0.1) is 11.2 Å². The second-order valence-electron chi connectivity index (χ2n) is 8.55. The SMILES string of the molecule is Cc1ccc2[nH]nc(C(=O)N3CCC[C@@H](c4cc(Nc5nc(C)cs5)cc(C)n4)C3)c2c1. The molecule has 0 aliphatic carbocycles. The van der Waals surface area contributed by atoms with E-state index in [9.17, 15) is 4.79 Å². The number of benzene rings is 1. The van der Waals surface area contributed by atoms with Gasteiger partial charge in [0, 0.05) is 46.8 Å². The molecule has 0 radical (unpaired) electrons. The first-order valence-corrected chi connectivity index (χ1v) is 11.8. The number of hydrogen-bond acceptors (Lipinski definition) is 6. The van der Waals surface area contributed by atoms with Crippen molar-refractivity contribution < 1.29 is 4.79 Å². The Balaban J connectivity index is 1.37. The van der Waals surface area contributed by atoms with Gasteiger partial charge in [-0.25, -0.2) is 4.98 Å². The van der Waals surface area contributed by atoms with Crippen molar-refractivity contribution in [2.75, 3.05) is 18.4 Å². The van der Waals surface area contributed by atoms with Gasteiger partial charge in [0.15, 0.2) is 10.8 Å². The maximum absolute atomic E-state index is 13.3. The molecule has 7 nitrogen and oxygen atoms in total. The van der Waals surface area contributed by atoms with Crippen LogP contribution in [0.2, 0.25) is 0 Å². The second-order valence-corrected chi connectivity index (χ2v) is 9.41. The number of hydrogen-bond donors (Lipinski definition) is 2. The molecule has 1 atom stereocenters. The molecule has 1 aliphatic heterocycles. The number of likely N-dealkylation sites (tertiary alicyclic amines) is 1. The van der Waals surface area contributed by atoms with E-state index in [2.05, 4.69) is 26.6 Å². The molecule has 2 N–H and O–H groups in total. The van der Waals surface area contributed by atoms with Crippen LogP contribution < -0.4 is 5.32 Å². The molecule has 0 unspecified atom stereocenters. The zero-order chi connectivity index (χ0) is 22.2. The van der Waals surface area contributed by atoms with Crippen LogP contribution in [0.3, 0.4) is 0 Å². The summed E-state index contributed by atoms with van der Waals surface area (Å²) in [6.07, 6.45) is 1.96. The zero-order valence-corrected chi connectivity index (χ0v) is 19.3. The van der Waals surface area contributed by atoms with Crippen LogP contribution in [0.15, 0.2) is 35.7 Å². The highest BCUT2D eigenvalue weighted by Gasteiger charge is 2.29. The average molecular weight is 447 g/mol. The number of aromatic nitrogens is 4. The van der Waals surface area contributed by atoms with Crippen LogP contribution in [0.5, 0.6) is 0 Å². The van der Waals surface area contributed by atoms with Gasteiger partial charge in [-0.15, -0.1) is 11.3 Å². The highest BCUT2D eigenvalue weighted by molar-refractivity contribution is 7.13. The number of fused-ring (bicyclic) bond motifs is 1. The lowest BCUT2D eigenvalue weighted by molar-refractivity contribution is 0.0702. The maximum Gasteiger partial charge on any atom is 0.275 e. The first kappa shape index (κ1) is 20.6. The quantitative estimate of drug-likeness (QED) is 0.455. The molecular weight excluding hydrogens is 420 g/mol. The van der Waals surface area contributed by atoms with E-state index in [4.69, 9.17) is 4.98 Å². The number of amides is 1. The molecule has 1 saturated heterocycles. The summed E-state index contributed by atoms with van der Waals surface area (Å²) in [5.41, 5.74) is 6.47. The summed E-state index contributed by atoms with van der Waals surface area (Å²) in [4.78, 5) is 24.6. The van der Waals surface area contributed by atoms with E-state index in [1.165, 1.54) is 0 Å². The Morgan fingerprint density at radius 1 is 1.16 bits per heavy atom.